The Balaban J connectivity index is 0. The van der Waals surface area contributed by atoms with Crippen molar-refractivity contribution < 1.29 is 28.8 Å². The molecule has 76 valence electrons. The van der Waals surface area contributed by atoms with Crippen LogP contribution in [0.2, 0.25) is 0 Å². The maximum atomic E-state index is 8.88. The van der Waals surface area contributed by atoms with E-state index in [1.165, 1.54) is 0 Å². The van der Waals surface area contributed by atoms with E-state index >= 15 is 0 Å². The van der Waals surface area contributed by atoms with E-state index in [1.807, 2.05) is 21.1 Å². The summed E-state index contributed by atoms with van der Waals surface area (Å²) in [6.07, 6.45) is -0.264. The lowest BCUT2D eigenvalue weighted by Gasteiger charge is -2.26. The van der Waals surface area contributed by atoms with Gasteiger partial charge < -0.3 is 24.3 Å². The van der Waals surface area contributed by atoms with Crippen LogP contribution in [0.4, 0.5) is 0 Å². The molecule has 0 saturated heterocycles. The molecular weight excluding hydrogens is 185 g/mol. The highest BCUT2D eigenvalue weighted by Gasteiger charge is 2.12. The molecule has 0 saturated carbocycles. The van der Waals surface area contributed by atoms with Crippen LogP contribution >= 0.6 is 7.82 Å². The first-order valence-electron chi connectivity index (χ1n) is 3.22. The largest absolute Gasteiger partial charge is 0.466 e. The van der Waals surface area contributed by atoms with E-state index in [0.717, 1.165) is 0 Å². The second kappa shape index (κ2) is 4.91. The predicted octanol–water partition coefficient (Wildman–Crippen LogP) is -0.898. The van der Waals surface area contributed by atoms with Crippen molar-refractivity contribution in [3.05, 3.63) is 0 Å². The number of nitrogens with zero attached hydrogens (tertiary/aromatic N) is 1. The van der Waals surface area contributed by atoms with Gasteiger partial charge in [0.15, 0.2) is 6.23 Å². The monoisotopic (exact) mass is 202 g/mol. The molecule has 0 fully saturated rings. The molecule has 0 aromatic rings. The maximum absolute atomic E-state index is 8.88. The summed E-state index contributed by atoms with van der Waals surface area (Å²) in [5, 5.41) is 8.86. The van der Waals surface area contributed by atoms with E-state index in [1.54, 1.807) is 6.92 Å². The van der Waals surface area contributed by atoms with E-state index in [9.17, 15) is 0 Å². The molecule has 0 aliphatic heterocycles. The zero-order valence-corrected chi connectivity index (χ0v) is 8.56. The van der Waals surface area contributed by atoms with Gasteiger partial charge in [-0.3, -0.25) is 0 Å². The summed E-state index contributed by atoms with van der Waals surface area (Å²) in [6, 6.07) is 0. The number of aliphatic hydroxyl groups is 1. The topological polar surface area (TPSA) is 98.0 Å². The first kappa shape index (κ1) is 14.5. The highest BCUT2D eigenvalue weighted by molar-refractivity contribution is 7.45. The van der Waals surface area contributed by atoms with E-state index in [2.05, 4.69) is 0 Å². The minimum atomic E-state index is -4.64. The normalized spacial score (nSPS) is 14.7. The maximum Gasteiger partial charge on any atom is 0.466 e. The van der Waals surface area contributed by atoms with Gasteiger partial charge in [-0.2, -0.15) is 0 Å². The molecule has 0 spiro atoms. The zero-order chi connectivity index (χ0) is 10.6. The average Bonchev–Trinajstić information content (AvgIpc) is 1.55. The number of quaternary nitrogens is 1. The van der Waals surface area contributed by atoms with Crippen LogP contribution in [-0.2, 0) is 4.57 Å². The third-order valence-corrected chi connectivity index (χ3v) is 1.12. The van der Waals surface area contributed by atoms with Crippen molar-refractivity contribution in [2.45, 2.75) is 13.2 Å². The van der Waals surface area contributed by atoms with Crippen molar-refractivity contribution in [2.24, 2.45) is 0 Å². The van der Waals surface area contributed by atoms with E-state index < -0.39 is 7.82 Å². The molecule has 0 radical (unpaired) electrons. The molecule has 6 nitrogen and oxygen atoms in total. The van der Waals surface area contributed by atoms with Crippen LogP contribution in [0.15, 0.2) is 0 Å². The van der Waals surface area contributed by atoms with Gasteiger partial charge in [0.2, 0.25) is 0 Å². The third kappa shape index (κ3) is 22.5. The molecule has 7 heteroatoms. The molecular formula is C5H17NO5P+. The van der Waals surface area contributed by atoms with Crippen molar-refractivity contribution in [3.63, 3.8) is 0 Å². The molecule has 4 N–H and O–H groups in total. The summed E-state index contributed by atoms with van der Waals surface area (Å²) in [6.45, 7) is 1.78. The molecule has 1 unspecified atom stereocenters. The SMILES string of the molecule is CC(O)[N+](C)(C)C.O=P(O)(O)O. The van der Waals surface area contributed by atoms with Gasteiger partial charge in [0.25, 0.3) is 0 Å². The Hall–Kier alpha value is 0.0300. The van der Waals surface area contributed by atoms with Gasteiger partial charge in [-0.15, -0.1) is 0 Å². The summed E-state index contributed by atoms with van der Waals surface area (Å²) in [5.41, 5.74) is 0. The van der Waals surface area contributed by atoms with Crippen molar-refractivity contribution >= 4 is 7.82 Å². The van der Waals surface area contributed by atoms with Crippen LogP contribution < -0.4 is 0 Å². The van der Waals surface area contributed by atoms with Crippen molar-refractivity contribution in [1.29, 1.82) is 0 Å². The van der Waals surface area contributed by atoms with Crippen LogP contribution in [0.3, 0.4) is 0 Å². The van der Waals surface area contributed by atoms with Crippen LogP contribution in [0.25, 0.3) is 0 Å². The predicted molar refractivity (Wildman–Crippen MR) is 44.0 cm³/mol. The van der Waals surface area contributed by atoms with Crippen molar-refractivity contribution in [2.75, 3.05) is 21.1 Å². The lowest BCUT2D eigenvalue weighted by molar-refractivity contribution is -0.916. The van der Waals surface area contributed by atoms with Gasteiger partial charge in [-0.05, 0) is 0 Å². The molecule has 0 aliphatic carbocycles. The Labute approximate surface area is 71.9 Å². The number of hydrogen-bond donors (Lipinski definition) is 4. The fourth-order valence-electron chi connectivity index (χ4n) is 0. The molecule has 0 aliphatic rings. The molecule has 12 heavy (non-hydrogen) atoms. The smallest absolute Gasteiger partial charge is 0.345 e. The van der Waals surface area contributed by atoms with Crippen molar-refractivity contribution in [1.82, 2.24) is 0 Å². The summed E-state index contributed by atoms with van der Waals surface area (Å²) in [5.74, 6) is 0. The standard InChI is InChI=1S/C5H14NO.H3O4P/c1-5(7)6(2,3)4;1-5(2,3)4/h5,7H,1-4H3;(H3,1,2,3,4)/q+1;. The van der Waals surface area contributed by atoms with Crippen LogP contribution in [0.5, 0.6) is 0 Å². The Bertz CT molecular complexity index is 149. The Kier molecular flexibility index (Phi) is 5.96. The highest BCUT2D eigenvalue weighted by atomic mass is 31.2. The third-order valence-electron chi connectivity index (χ3n) is 1.12. The fraction of sp³-hybridized carbons (Fsp3) is 1.00. The minimum Gasteiger partial charge on any atom is -0.345 e. The summed E-state index contributed by atoms with van der Waals surface area (Å²) in [4.78, 5) is 21.6. The van der Waals surface area contributed by atoms with E-state index in [4.69, 9.17) is 24.4 Å². The van der Waals surface area contributed by atoms with Gasteiger partial charge >= 0.3 is 7.82 Å². The van der Waals surface area contributed by atoms with Gasteiger partial charge in [-0.25, -0.2) is 4.57 Å². The minimum absolute atomic E-state index is 0.264. The quantitative estimate of drug-likeness (QED) is 0.251. The first-order valence-corrected chi connectivity index (χ1v) is 4.78. The van der Waals surface area contributed by atoms with Gasteiger partial charge in [0.1, 0.15) is 0 Å². The Morgan fingerprint density at radius 2 is 1.25 bits per heavy atom. The second-order valence-corrected chi connectivity index (χ2v) is 4.29. The summed E-state index contributed by atoms with van der Waals surface area (Å²) >= 11 is 0. The fourth-order valence-corrected chi connectivity index (χ4v) is 0. The van der Waals surface area contributed by atoms with Gasteiger partial charge in [0.05, 0.1) is 21.1 Å². The summed E-state index contributed by atoms with van der Waals surface area (Å²) < 4.78 is 9.49. The number of hydrogen-bond acceptors (Lipinski definition) is 2. The molecule has 0 aromatic carbocycles. The molecule has 0 bridgehead atoms. The second-order valence-electron chi connectivity index (χ2n) is 3.26. The molecule has 0 rings (SSSR count). The number of rotatable bonds is 1. The molecule has 0 amide bonds. The Morgan fingerprint density at radius 3 is 1.25 bits per heavy atom. The summed E-state index contributed by atoms with van der Waals surface area (Å²) in [7, 11) is 1.21. The van der Waals surface area contributed by atoms with Crippen LogP contribution in [-0.4, -0.2) is 51.6 Å². The lowest BCUT2D eigenvalue weighted by Crippen LogP contribution is -2.42. The first-order chi connectivity index (χ1) is 4.94. The van der Waals surface area contributed by atoms with Gasteiger partial charge in [-0.1, -0.05) is 0 Å². The molecule has 0 aromatic heterocycles. The molecule has 1 atom stereocenters. The van der Waals surface area contributed by atoms with Crippen LogP contribution in [0.1, 0.15) is 6.92 Å². The number of aliphatic hydroxyl groups excluding tert-OH is 1. The van der Waals surface area contributed by atoms with Crippen LogP contribution in [0, 0.1) is 0 Å². The number of phosphoric acid groups is 1. The van der Waals surface area contributed by atoms with E-state index in [0.29, 0.717) is 4.48 Å². The van der Waals surface area contributed by atoms with Gasteiger partial charge in [0, 0.05) is 6.92 Å². The molecule has 0 heterocycles. The Morgan fingerprint density at radius 1 is 1.17 bits per heavy atom. The lowest BCUT2D eigenvalue weighted by atomic mass is 10.5. The van der Waals surface area contributed by atoms with Crippen molar-refractivity contribution in [3.8, 4) is 0 Å². The zero-order valence-electron chi connectivity index (χ0n) is 7.67. The highest BCUT2D eigenvalue weighted by Crippen LogP contribution is 2.25. The van der Waals surface area contributed by atoms with E-state index in [-0.39, 0.29) is 6.23 Å². The average molecular weight is 202 g/mol.